The lowest BCUT2D eigenvalue weighted by Gasteiger charge is -2.35. The van der Waals surface area contributed by atoms with Gasteiger partial charge < -0.3 is 15.0 Å². The molecule has 3 N–H and O–H groups in total. The molecule has 3 rings (SSSR count). The van der Waals surface area contributed by atoms with E-state index >= 15 is 0 Å². The molecular formula is C20H30N4O3. The van der Waals surface area contributed by atoms with Gasteiger partial charge in [-0.1, -0.05) is 30.3 Å². The van der Waals surface area contributed by atoms with Crippen LogP contribution in [0.2, 0.25) is 0 Å². The van der Waals surface area contributed by atoms with Gasteiger partial charge in [-0.3, -0.25) is 10.2 Å². The third-order valence-electron chi connectivity index (χ3n) is 4.99. The maximum atomic E-state index is 13.0. The number of carbonyl (C=O) groups is 2. The average Bonchev–Trinajstić information content (AvgIpc) is 3.10. The number of rotatable bonds is 3. The van der Waals surface area contributed by atoms with E-state index in [1.807, 2.05) is 56.0 Å². The number of benzene rings is 1. The number of nitrogens with one attached hydrogen (secondary N) is 3. The van der Waals surface area contributed by atoms with Crippen molar-refractivity contribution in [3.05, 3.63) is 35.9 Å². The molecule has 2 aliphatic heterocycles. The molecule has 27 heavy (non-hydrogen) atoms. The first-order valence-electron chi connectivity index (χ1n) is 9.65. The minimum absolute atomic E-state index is 0.0173. The van der Waals surface area contributed by atoms with Gasteiger partial charge >= 0.3 is 6.09 Å². The van der Waals surface area contributed by atoms with E-state index in [9.17, 15) is 9.59 Å². The van der Waals surface area contributed by atoms with Crippen molar-refractivity contribution in [2.75, 3.05) is 19.6 Å². The Balaban J connectivity index is 1.52. The van der Waals surface area contributed by atoms with Crippen molar-refractivity contribution in [2.24, 2.45) is 5.92 Å². The molecule has 7 heteroatoms. The molecule has 2 unspecified atom stereocenters. The fraction of sp³-hybridized carbons (Fsp3) is 0.600. The summed E-state index contributed by atoms with van der Waals surface area (Å²) in [5.74, 6) is 0.0415. The van der Waals surface area contributed by atoms with E-state index < -0.39 is 5.60 Å². The molecule has 1 aromatic rings. The average molecular weight is 374 g/mol. The summed E-state index contributed by atoms with van der Waals surface area (Å²) in [6.45, 7) is 7.46. The minimum atomic E-state index is -0.504. The standard InChI is InChI=1S/C20H30N4O3/c1-20(2,3)27-19(26)22-15-9-11-24(12-10-15)18(25)16-13-21-23-17(16)14-7-5-4-6-8-14/h4-8,15-17,21,23H,9-13H2,1-3H3,(H,22,26). The number of hydrazine groups is 1. The van der Waals surface area contributed by atoms with E-state index in [-0.39, 0.29) is 30.0 Å². The summed E-state index contributed by atoms with van der Waals surface area (Å²) in [7, 11) is 0. The number of piperidine rings is 1. The van der Waals surface area contributed by atoms with Gasteiger partial charge in [-0.25, -0.2) is 10.2 Å². The van der Waals surface area contributed by atoms with Crippen LogP contribution in [0.15, 0.2) is 30.3 Å². The van der Waals surface area contributed by atoms with E-state index in [2.05, 4.69) is 16.2 Å². The van der Waals surface area contributed by atoms with Gasteiger partial charge in [0.25, 0.3) is 0 Å². The second kappa shape index (κ2) is 8.27. The molecule has 2 atom stereocenters. The van der Waals surface area contributed by atoms with Gasteiger partial charge in [-0.2, -0.15) is 0 Å². The molecule has 0 saturated carbocycles. The summed E-state index contributed by atoms with van der Waals surface area (Å²) in [4.78, 5) is 26.9. The molecule has 2 heterocycles. The third kappa shape index (κ3) is 5.20. The van der Waals surface area contributed by atoms with Crippen molar-refractivity contribution in [3.63, 3.8) is 0 Å². The number of nitrogens with zero attached hydrogens (tertiary/aromatic N) is 1. The van der Waals surface area contributed by atoms with Gasteiger partial charge in [-0.15, -0.1) is 0 Å². The number of likely N-dealkylation sites (tertiary alicyclic amines) is 1. The fourth-order valence-corrected chi connectivity index (χ4v) is 3.66. The van der Waals surface area contributed by atoms with Crippen molar-refractivity contribution in [3.8, 4) is 0 Å². The summed E-state index contributed by atoms with van der Waals surface area (Å²) >= 11 is 0. The van der Waals surface area contributed by atoms with Crippen LogP contribution in [0, 0.1) is 5.92 Å². The highest BCUT2D eigenvalue weighted by molar-refractivity contribution is 5.80. The second-order valence-electron chi connectivity index (χ2n) is 8.27. The Bertz CT molecular complexity index is 651. The number of amides is 2. The normalized spacial score (nSPS) is 23.9. The molecule has 2 saturated heterocycles. The van der Waals surface area contributed by atoms with Crippen LogP contribution in [-0.2, 0) is 9.53 Å². The minimum Gasteiger partial charge on any atom is -0.444 e. The Labute approximate surface area is 160 Å². The molecule has 1 aromatic carbocycles. The number of carbonyl (C=O) groups excluding carboxylic acids is 2. The van der Waals surface area contributed by atoms with Crippen molar-refractivity contribution in [1.82, 2.24) is 21.1 Å². The predicted molar refractivity (Wildman–Crippen MR) is 103 cm³/mol. The molecular weight excluding hydrogens is 344 g/mol. The zero-order valence-corrected chi connectivity index (χ0v) is 16.3. The topological polar surface area (TPSA) is 82.7 Å². The summed E-state index contributed by atoms with van der Waals surface area (Å²) < 4.78 is 5.31. The van der Waals surface area contributed by atoms with Gasteiger partial charge in [0, 0.05) is 25.7 Å². The Hall–Kier alpha value is -2.12. The number of ether oxygens (including phenoxy) is 1. The molecule has 7 nitrogen and oxygen atoms in total. The van der Waals surface area contributed by atoms with Crippen LogP contribution in [0.5, 0.6) is 0 Å². The molecule has 0 aromatic heterocycles. The van der Waals surface area contributed by atoms with Crippen LogP contribution in [0.25, 0.3) is 0 Å². The van der Waals surface area contributed by atoms with Gasteiger partial charge in [0.15, 0.2) is 0 Å². The van der Waals surface area contributed by atoms with Crippen LogP contribution in [0.1, 0.15) is 45.2 Å². The van der Waals surface area contributed by atoms with E-state index in [0.717, 1.165) is 18.4 Å². The quantitative estimate of drug-likeness (QED) is 0.753. The summed E-state index contributed by atoms with van der Waals surface area (Å²) in [5, 5.41) is 2.92. The lowest BCUT2D eigenvalue weighted by Crippen LogP contribution is -2.49. The Kier molecular flexibility index (Phi) is 6.01. The van der Waals surface area contributed by atoms with E-state index in [1.54, 1.807) is 0 Å². The maximum Gasteiger partial charge on any atom is 0.407 e. The molecule has 0 spiro atoms. The molecule has 0 aliphatic carbocycles. The van der Waals surface area contributed by atoms with Crippen LogP contribution in [0.4, 0.5) is 4.79 Å². The number of hydrogen-bond acceptors (Lipinski definition) is 5. The first-order valence-corrected chi connectivity index (χ1v) is 9.65. The van der Waals surface area contributed by atoms with E-state index in [4.69, 9.17) is 4.74 Å². The van der Waals surface area contributed by atoms with Gasteiger partial charge in [0.1, 0.15) is 5.60 Å². The van der Waals surface area contributed by atoms with Crippen LogP contribution in [-0.4, -0.2) is 48.2 Å². The van der Waals surface area contributed by atoms with Gasteiger partial charge in [-0.05, 0) is 39.2 Å². The number of alkyl carbamates (subject to hydrolysis) is 1. The molecule has 148 valence electrons. The first-order chi connectivity index (χ1) is 12.8. The summed E-state index contributed by atoms with van der Waals surface area (Å²) in [6.07, 6.45) is 1.10. The molecule has 0 radical (unpaired) electrons. The van der Waals surface area contributed by atoms with Gasteiger partial charge in [0.05, 0.1) is 12.0 Å². The van der Waals surface area contributed by atoms with Crippen molar-refractivity contribution >= 4 is 12.0 Å². The smallest absolute Gasteiger partial charge is 0.407 e. The van der Waals surface area contributed by atoms with Crippen molar-refractivity contribution in [2.45, 2.75) is 51.3 Å². The highest BCUT2D eigenvalue weighted by atomic mass is 16.6. The highest BCUT2D eigenvalue weighted by Crippen LogP contribution is 2.27. The molecule has 2 aliphatic rings. The van der Waals surface area contributed by atoms with E-state index in [0.29, 0.717) is 19.6 Å². The van der Waals surface area contributed by atoms with Crippen molar-refractivity contribution < 1.29 is 14.3 Å². The zero-order chi connectivity index (χ0) is 19.4. The predicted octanol–water partition coefficient (Wildman–Crippen LogP) is 1.97. The lowest BCUT2D eigenvalue weighted by molar-refractivity contribution is -0.136. The van der Waals surface area contributed by atoms with E-state index in [1.165, 1.54) is 0 Å². The Morgan fingerprint density at radius 1 is 1.15 bits per heavy atom. The second-order valence-corrected chi connectivity index (χ2v) is 8.27. The third-order valence-corrected chi connectivity index (χ3v) is 4.99. The SMILES string of the molecule is CC(C)(C)OC(=O)NC1CCN(C(=O)C2CNNC2c2ccccc2)CC1. The summed E-state index contributed by atoms with van der Waals surface area (Å²) in [5.41, 5.74) is 6.96. The Morgan fingerprint density at radius 2 is 1.81 bits per heavy atom. The largest absolute Gasteiger partial charge is 0.444 e. The molecule has 0 bridgehead atoms. The molecule has 2 amide bonds. The van der Waals surface area contributed by atoms with Gasteiger partial charge in [0.2, 0.25) is 5.91 Å². The lowest BCUT2D eigenvalue weighted by atomic mass is 9.92. The maximum absolute atomic E-state index is 13.0. The number of hydrogen-bond donors (Lipinski definition) is 3. The van der Waals surface area contributed by atoms with Crippen LogP contribution < -0.4 is 16.2 Å². The first kappa shape index (κ1) is 19.6. The fourth-order valence-electron chi connectivity index (χ4n) is 3.66. The highest BCUT2D eigenvalue weighted by Gasteiger charge is 2.37. The monoisotopic (exact) mass is 374 g/mol. The summed E-state index contributed by atoms with van der Waals surface area (Å²) in [6, 6.07) is 10.1. The van der Waals surface area contributed by atoms with Crippen molar-refractivity contribution in [1.29, 1.82) is 0 Å². The van der Waals surface area contributed by atoms with Crippen LogP contribution >= 0.6 is 0 Å². The Morgan fingerprint density at radius 3 is 2.44 bits per heavy atom. The molecule has 2 fully saturated rings. The zero-order valence-electron chi connectivity index (χ0n) is 16.3. The van der Waals surface area contributed by atoms with Crippen LogP contribution in [0.3, 0.4) is 0 Å².